The largest absolute Gasteiger partial charge is 0.491 e. The molecule has 1 aromatic carbocycles. The summed E-state index contributed by atoms with van der Waals surface area (Å²) in [4.78, 5) is 12.6. The zero-order valence-electron chi connectivity index (χ0n) is 18.7. The minimum atomic E-state index is -1.71. The molecule has 1 saturated carbocycles. The Kier molecular flexibility index (Phi) is 7.63. The Hall–Kier alpha value is -1.87. The second-order valence-electron chi connectivity index (χ2n) is 8.95. The van der Waals surface area contributed by atoms with Gasteiger partial charge in [0.15, 0.2) is 17.4 Å². The number of benzene rings is 1. The Morgan fingerprint density at radius 3 is 2.16 bits per heavy atom. The molecule has 2 rings (SSSR count). The lowest BCUT2D eigenvalue weighted by Gasteiger charge is -2.32. The number of aliphatic hydroxyl groups excluding tert-OH is 1. The van der Waals surface area contributed by atoms with Crippen LogP contribution in [0.2, 0.25) is 0 Å². The molecule has 9 heteroatoms. The van der Waals surface area contributed by atoms with Crippen molar-refractivity contribution in [2.75, 3.05) is 13.7 Å². The maximum absolute atomic E-state index is 14.1. The summed E-state index contributed by atoms with van der Waals surface area (Å²) < 4.78 is 71.0. The first-order valence-corrected chi connectivity index (χ1v) is 10.2. The molecule has 1 aromatic rings. The Labute approximate surface area is 179 Å². The van der Waals surface area contributed by atoms with Crippen molar-refractivity contribution in [2.45, 2.75) is 65.8 Å². The van der Waals surface area contributed by atoms with E-state index in [0.29, 0.717) is 6.61 Å². The molecule has 5 nitrogen and oxygen atoms in total. The molecule has 0 saturated heterocycles. The Morgan fingerprint density at radius 2 is 1.68 bits per heavy atom. The normalized spacial score (nSPS) is 21.0. The molecule has 0 aliphatic heterocycles. The fourth-order valence-electron chi connectivity index (χ4n) is 3.91. The zero-order chi connectivity index (χ0) is 23.7. The molecule has 1 aliphatic carbocycles. The van der Waals surface area contributed by atoms with E-state index in [1.54, 1.807) is 27.7 Å². The molecule has 0 radical (unpaired) electrons. The van der Waals surface area contributed by atoms with E-state index in [1.165, 1.54) is 0 Å². The van der Waals surface area contributed by atoms with Gasteiger partial charge in [-0.05, 0) is 25.7 Å². The molecule has 0 spiro atoms. The van der Waals surface area contributed by atoms with Crippen molar-refractivity contribution in [3.8, 4) is 5.75 Å². The lowest BCUT2D eigenvalue weighted by molar-refractivity contribution is -0.149. The van der Waals surface area contributed by atoms with Crippen molar-refractivity contribution < 1.29 is 41.7 Å². The fraction of sp³-hybridized carbons (Fsp3) is 0.682. The predicted molar refractivity (Wildman–Crippen MR) is 104 cm³/mol. The number of hydrogen-bond donors (Lipinski definition) is 1. The lowest BCUT2D eigenvalue weighted by atomic mass is 9.93. The van der Waals surface area contributed by atoms with Crippen LogP contribution in [0.5, 0.6) is 5.75 Å². The van der Waals surface area contributed by atoms with Crippen molar-refractivity contribution in [3.05, 3.63) is 28.8 Å². The average molecular weight is 450 g/mol. The van der Waals surface area contributed by atoms with Crippen molar-refractivity contribution in [3.63, 3.8) is 0 Å². The summed E-state index contributed by atoms with van der Waals surface area (Å²) in [6.45, 7) is 8.41. The SMILES string of the molecule is CCCCOC(C)(C)C(O)C1C(C(=O)OCc2c(F)c(F)c(OC)c(F)c2F)C1(C)C. The Morgan fingerprint density at radius 1 is 1.13 bits per heavy atom. The number of methoxy groups -OCH3 is 1. The smallest absolute Gasteiger partial charge is 0.310 e. The first kappa shape index (κ1) is 25.4. The minimum absolute atomic E-state index is 0.454. The van der Waals surface area contributed by atoms with Gasteiger partial charge >= 0.3 is 5.97 Å². The highest BCUT2D eigenvalue weighted by molar-refractivity contribution is 5.78. The number of hydrogen-bond acceptors (Lipinski definition) is 5. The van der Waals surface area contributed by atoms with Crippen LogP contribution in [0, 0.1) is 40.5 Å². The molecule has 0 bridgehead atoms. The maximum atomic E-state index is 14.1. The van der Waals surface area contributed by atoms with E-state index in [2.05, 4.69) is 4.74 Å². The maximum Gasteiger partial charge on any atom is 0.310 e. The van der Waals surface area contributed by atoms with E-state index in [1.807, 2.05) is 6.92 Å². The molecular weight excluding hydrogens is 420 g/mol. The van der Waals surface area contributed by atoms with Gasteiger partial charge in [-0.15, -0.1) is 0 Å². The quantitative estimate of drug-likeness (QED) is 0.246. The van der Waals surface area contributed by atoms with Crippen molar-refractivity contribution in [1.29, 1.82) is 0 Å². The molecule has 0 heterocycles. The Bertz CT molecular complexity index is 796. The summed E-state index contributed by atoms with van der Waals surface area (Å²) in [5, 5.41) is 10.8. The molecule has 1 fully saturated rings. The second kappa shape index (κ2) is 9.32. The van der Waals surface area contributed by atoms with Crippen molar-refractivity contribution >= 4 is 5.97 Å². The summed E-state index contributed by atoms with van der Waals surface area (Å²) in [6, 6.07) is 0. The van der Waals surface area contributed by atoms with Crippen LogP contribution in [0.3, 0.4) is 0 Å². The summed E-state index contributed by atoms with van der Waals surface area (Å²) in [5.74, 6) is -10.1. The van der Waals surface area contributed by atoms with Crippen LogP contribution < -0.4 is 4.74 Å². The van der Waals surface area contributed by atoms with Crippen LogP contribution in [0.25, 0.3) is 0 Å². The van der Waals surface area contributed by atoms with Crippen LogP contribution >= 0.6 is 0 Å². The summed E-state index contributed by atoms with van der Waals surface area (Å²) in [6.07, 6.45) is 0.749. The van der Waals surface area contributed by atoms with Crippen molar-refractivity contribution in [1.82, 2.24) is 0 Å². The first-order valence-electron chi connectivity index (χ1n) is 10.2. The van der Waals surface area contributed by atoms with Gasteiger partial charge in [-0.25, -0.2) is 8.78 Å². The number of rotatable bonds is 10. The average Bonchev–Trinajstić information content (AvgIpc) is 3.28. The first-order chi connectivity index (χ1) is 14.3. The highest BCUT2D eigenvalue weighted by atomic mass is 19.2. The van der Waals surface area contributed by atoms with Gasteiger partial charge in [0.2, 0.25) is 11.6 Å². The molecule has 1 aliphatic rings. The molecule has 3 atom stereocenters. The summed E-state index contributed by atoms with van der Waals surface area (Å²) >= 11 is 0. The number of ether oxygens (including phenoxy) is 3. The third kappa shape index (κ3) is 4.82. The van der Waals surface area contributed by atoms with Crippen LogP contribution in [0.1, 0.15) is 53.0 Å². The highest BCUT2D eigenvalue weighted by Gasteiger charge is 2.67. The molecule has 176 valence electrons. The van der Waals surface area contributed by atoms with Gasteiger partial charge in [-0.1, -0.05) is 27.2 Å². The molecule has 0 aromatic heterocycles. The second-order valence-corrected chi connectivity index (χ2v) is 8.95. The van der Waals surface area contributed by atoms with E-state index in [9.17, 15) is 27.5 Å². The van der Waals surface area contributed by atoms with Gasteiger partial charge < -0.3 is 19.3 Å². The molecule has 0 amide bonds. The third-order valence-corrected chi connectivity index (χ3v) is 6.07. The summed E-state index contributed by atoms with van der Waals surface area (Å²) in [7, 11) is 0.869. The van der Waals surface area contributed by atoms with E-state index < -0.39 is 76.1 Å². The van der Waals surface area contributed by atoms with Gasteiger partial charge in [-0.2, -0.15) is 8.78 Å². The zero-order valence-corrected chi connectivity index (χ0v) is 18.7. The standard InChI is InChI=1S/C22H30F4O5/c1-7-8-9-31-22(4,5)19(27)12-13(21(12,2)3)20(28)30-10-11-14(23)16(25)18(29-6)17(26)15(11)24/h12-13,19,27H,7-10H2,1-6H3. The molecule has 31 heavy (non-hydrogen) atoms. The number of esters is 1. The Balaban J connectivity index is 2.12. The monoisotopic (exact) mass is 450 g/mol. The number of aliphatic hydroxyl groups is 1. The number of unbranched alkanes of at least 4 members (excludes halogenated alkanes) is 1. The number of carbonyl (C=O) groups is 1. The molecule has 3 unspecified atom stereocenters. The molecular formula is C22H30F4O5. The third-order valence-electron chi connectivity index (χ3n) is 6.07. The fourth-order valence-corrected chi connectivity index (χ4v) is 3.91. The van der Waals surface area contributed by atoms with Gasteiger partial charge in [0, 0.05) is 12.5 Å². The minimum Gasteiger partial charge on any atom is -0.491 e. The number of carbonyl (C=O) groups excluding carboxylic acids is 1. The van der Waals surface area contributed by atoms with Crippen LogP contribution in [-0.4, -0.2) is 36.5 Å². The summed E-state index contributed by atoms with van der Waals surface area (Å²) in [5.41, 5.74) is -2.63. The van der Waals surface area contributed by atoms with Gasteiger partial charge in [-0.3, -0.25) is 4.79 Å². The van der Waals surface area contributed by atoms with Crippen LogP contribution in [0.4, 0.5) is 17.6 Å². The van der Waals surface area contributed by atoms with Gasteiger partial charge in [0.1, 0.15) is 6.61 Å². The van der Waals surface area contributed by atoms with Crippen LogP contribution in [-0.2, 0) is 20.9 Å². The van der Waals surface area contributed by atoms with Crippen LogP contribution in [0.15, 0.2) is 0 Å². The topological polar surface area (TPSA) is 65.0 Å². The van der Waals surface area contributed by atoms with Gasteiger partial charge in [0.05, 0.1) is 30.3 Å². The highest BCUT2D eigenvalue weighted by Crippen LogP contribution is 2.62. The van der Waals surface area contributed by atoms with Gasteiger partial charge in [0.25, 0.3) is 0 Å². The van der Waals surface area contributed by atoms with Crippen molar-refractivity contribution in [2.24, 2.45) is 17.3 Å². The van der Waals surface area contributed by atoms with E-state index >= 15 is 0 Å². The molecule has 1 N–H and O–H groups in total. The van der Waals surface area contributed by atoms with E-state index in [0.717, 1.165) is 20.0 Å². The predicted octanol–water partition coefficient (Wildman–Crippen LogP) is 4.52. The lowest BCUT2D eigenvalue weighted by Crippen LogP contribution is -2.42. The van der Waals surface area contributed by atoms with E-state index in [4.69, 9.17) is 9.47 Å². The van der Waals surface area contributed by atoms with E-state index in [-0.39, 0.29) is 0 Å². The number of halogens is 4.